The number of halogens is 2. The third kappa shape index (κ3) is 4.32. The Hall–Kier alpha value is -1.13. The minimum atomic E-state index is -0.360. The Bertz CT molecular complexity index is 398. The van der Waals surface area contributed by atoms with Crippen molar-refractivity contribution in [3.05, 3.63) is 34.6 Å². The molecule has 0 aliphatic rings. The predicted octanol–water partition coefficient (Wildman–Crippen LogP) is 2.05. The number of hydrogen-bond acceptors (Lipinski definition) is 2. The smallest absolute Gasteiger partial charge is 0.236 e. The van der Waals surface area contributed by atoms with Crippen LogP contribution in [0.15, 0.2) is 18.2 Å². The molecule has 1 amide bonds. The standard InChI is InChI=1S/C12H16ClFN2O/c1-3-16(2)12(17)8-15-7-9-4-5-10(13)6-11(9)14/h4-6,15H,3,7-8H2,1-2H3. The van der Waals surface area contributed by atoms with Crippen LogP contribution in [0.2, 0.25) is 5.02 Å². The summed E-state index contributed by atoms with van der Waals surface area (Å²) in [6, 6.07) is 4.50. The molecular weight excluding hydrogens is 243 g/mol. The normalized spacial score (nSPS) is 10.4. The van der Waals surface area contributed by atoms with Crippen molar-refractivity contribution in [2.24, 2.45) is 0 Å². The fourth-order valence-corrected chi connectivity index (χ4v) is 1.44. The van der Waals surface area contributed by atoms with E-state index in [1.807, 2.05) is 6.92 Å². The molecule has 0 saturated heterocycles. The van der Waals surface area contributed by atoms with Gasteiger partial charge < -0.3 is 10.2 Å². The van der Waals surface area contributed by atoms with E-state index < -0.39 is 0 Å². The molecule has 0 spiro atoms. The summed E-state index contributed by atoms with van der Waals surface area (Å²) in [5.74, 6) is -0.372. The van der Waals surface area contributed by atoms with Crippen LogP contribution in [0.25, 0.3) is 0 Å². The lowest BCUT2D eigenvalue weighted by atomic mass is 10.2. The van der Waals surface area contributed by atoms with Gasteiger partial charge in [-0.25, -0.2) is 4.39 Å². The fraction of sp³-hybridized carbons (Fsp3) is 0.417. The van der Waals surface area contributed by atoms with Gasteiger partial charge in [-0.3, -0.25) is 4.79 Å². The molecule has 1 aromatic carbocycles. The first-order chi connectivity index (χ1) is 8.04. The monoisotopic (exact) mass is 258 g/mol. The molecule has 0 radical (unpaired) electrons. The number of carbonyl (C=O) groups excluding carboxylic acids is 1. The number of likely N-dealkylation sites (N-methyl/N-ethyl adjacent to an activating group) is 1. The molecule has 0 aliphatic heterocycles. The zero-order valence-electron chi connectivity index (χ0n) is 9.96. The molecule has 0 aromatic heterocycles. The van der Waals surface area contributed by atoms with Gasteiger partial charge in [-0.1, -0.05) is 17.7 Å². The van der Waals surface area contributed by atoms with Crippen molar-refractivity contribution in [3.63, 3.8) is 0 Å². The van der Waals surface area contributed by atoms with Crippen molar-refractivity contribution in [2.45, 2.75) is 13.5 Å². The maximum atomic E-state index is 13.4. The van der Waals surface area contributed by atoms with Crippen LogP contribution in [0, 0.1) is 5.82 Å². The zero-order valence-corrected chi connectivity index (χ0v) is 10.7. The van der Waals surface area contributed by atoms with E-state index in [9.17, 15) is 9.18 Å². The van der Waals surface area contributed by atoms with Crippen molar-refractivity contribution >= 4 is 17.5 Å². The lowest BCUT2D eigenvalue weighted by molar-refractivity contribution is -0.128. The third-order valence-electron chi connectivity index (χ3n) is 2.51. The van der Waals surface area contributed by atoms with Gasteiger partial charge in [-0.2, -0.15) is 0 Å². The van der Waals surface area contributed by atoms with E-state index in [4.69, 9.17) is 11.6 Å². The highest BCUT2D eigenvalue weighted by atomic mass is 35.5. The summed E-state index contributed by atoms with van der Waals surface area (Å²) in [7, 11) is 1.73. The molecule has 0 bridgehead atoms. The van der Waals surface area contributed by atoms with Gasteiger partial charge in [0.05, 0.1) is 6.54 Å². The molecule has 5 heteroatoms. The number of rotatable bonds is 5. The molecule has 0 aliphatic carbocycles. The second kappa shape index (κ2) is 6.57. The summed E-state index contributed by atoms with van der Waals surface area (Å²) < 4.78 is 13.4. The van der Waals surface area contributed by atoms with Crippen LogP contribution in [-0.4, -0.2) is 30.9 Å². The second-order valence-electron chi connectivity index (χ2n) is 3.75. The number of hydrogen-bond donors (Lipinski definition) is 1. The lowest BCUT2D eigenvalue weighted by Gasteiger charge is -2.14. The summed E-state index contributed by atoms with van der Waals surface area (Å²) in [5.41, 5.74) is 0.501. The van der Waals surface area contributed by atoms with Crippen LogP contribution in [0.4, 0.5) is 4.39 Å². The highest BCUT2D eigenvalue weighted by molar-refractivity contribution is 6.30. The number of benzene rings is 1. The van der Waals surface area contributed by atoms with E-state index >= 15 is 0 Å². The Morgan fingerprint density at radius 3 is 2.82 bits per heavy atom. The van der Waals surface area contributed by atoms with Gasteiger partial charge in [0.15, 0.2) is 0 Å². The van der Waals surface area contributed by atoms with Gasteiger partial charge in [0.1, 0.15) is 5.82 Å². The number of nitrogens with one attached hydrogen (secondary N) is 1. The first kappa shape index (κ1) is 13.9. The minimum Gasteiger partial charge on any atom is -0.345 e. The Morgan fingerprint density at radius 2 is 2.24 bits per heavy atom. The van der Waals surface area contributed by atoms with Crippen molar-refractivity contribution in [1.82, 2.24) is 10.2 Å². The van der Waals surface area contributed by atoms with Crippen LogP contribution in [0.1, 0.15) is 12.5 Å². The summed E-state index contributed by atoms with van der Waals surface area (Å²) >= 11 is 5.64. The Kier molecular flexibility index (Phi) is 5.38. The molecule has 1 rings (SSSR count). The van der Waals surface area contributed by atoms with E-state index in [1.165, 1.54) is 6.07 Å². The first-order valence-electron chi connectivity index (χ1n) is 5.43. The van der Waals surface area contributed by atoms with Crippen molar-refractivity contribution < 1.29 is 9.18 Å². The first-order valence-corrected chi connectivity index (χ1v) is 5.81. The van der Waals surface area contributed by atoms with E-state index in [-0.39, 0.29) is 18.3 Å². The zero-order chi connectivity index (χ0) is 12.8. The summed E-state index contributed by atoms with van der Waals surface area (Å²) in [4.78, 5) is 13.1. The second-order valence-corrected chi connectivity index (χ2v) is 4.18. The molecular formula is C12H16ClFN2O. The predicted molar refractivity (Wildman–Crippen MR) is 66.4 cm³/mol. The summed E-state index contributed by atoms with van der Waals surface area (Å²) in [6.45, 7) is 3.07. The van der Waals surface area contributed by atoms with E-state index in [1.54, 1.807) is 24.1 Å². The van der Waals surface area contributed by atoms with Gasteiger partial charge in [0, 0.05) is 30.7 Å². The fourth-order valence-electron chi connectivity index (χ4n) is 1.28. The van der Waals surface area contributed by atoms with Crippen molar-refractivity contribution in [1.29, 1.82) is 0 Å². The van der Waals surface area contributed by atoms with Crippen molar-refractivity contribution in [3.8, 4) is 0 Å². The lowest BCUT2D eigenvalue weighted by Crippen LogP contribution is -2.35. The third-order valence-corrected chi connectivity index (χ3v) is 2.74. The van der Waals surface area contributed by atoms with E-state index in [2.05, 4.69) is 5.32 Å². The van der Waals surface area contributed by atoms with Crippen LogP contribution in [-0.2, 0) is 11.3 Å². The molecule has 0 saturated carbocycles. The van der Waals surface area contributed by atoms with Crippen LogP contribution in [0.3, 0.4) is 0 Å². The molecule has 94 valence electrons. The van der Waals surface area contributed by atoms with Crippen molar-refractivity contribution in [2.75, 3.05) is 20.1 Å². The topological polar surface area (TPSA) is 32.3 Å². The average molecular weight is 259 g/mol. The Morgan fingerprint density at radius 1 is 1.53 bits per heavy atom. The molecule has 0 heterocycles. The molecule has 0 unspecified atom stereocenters. The summed E-state index contributed by atoms with van der Waals surface area (Å²) in [6.07, 6.45) is 0. The molecule has 0 fully saturated rings. The SMILES string of the molecule is CCN(C)C(=O)CNCc1ccc(Cl)cc1F. The minimum absolute atomic E-state index is 0.0122. The molecule has 1 aromatic rings. The quantitative estimate of drug-likeness (QED) is 0.877. The maximum Gasteiger partial charge on any atom is 0.236 e. The maximum absolute atomic E-state index is 13.4. The summed E-state index contributed by atoms with van der Waals surface area (Å²) in [5, 5.41) is 3.27. The van der Waals surface area contributed by atoms with E-state index in [0.717, 1.165) is 0 Å². The van der Waals surface area contributed by atoms with Gasteiger partial charge in [0.25, 0.3) is 0 Å². The highest BCUT2D eigenvalue weighted by Crippen LogP contribution is 2.14. The number of carbonyl (C=O) groups is 1. The van der Waals surface area contributed by atoms with Gasteiger partial charge in [-0.05, 0) is 19.1 Å². The van der Waals surface area contributed by atoms with E-state index in [0.29, 0.717) is 23.7 Å². The van der Waals surface area contributed by atoms with Gasteiger partial charge in [0.2, 0.25) is 5.91 Å². The van der Waals surface area contributed by atoms with Crippen LogP contribution in [0.5, 0.6) is 0 Å². The van der Waals surface area contributed by atoms with Crippen LogP contribution >= 0.6 is 11.6 Å². The Labute approximate surface area is 106 Å². The van der Waals surface area contributed by atoms with Gasteiger partial charge >= 0.3 is 0 Å². The average Bonchev–Trinajstić information content (AvgIpc) is 2.30. The molecule has 3 nitrogen and oxygen atoms in total. The molecule has 17 heavy (non-hydrogen) atoms. The molecule has 0 atom stereocenters. The Balaban J connectivity index is 2.43. The number of nitrogens with zero attached hydrogens (tertiary/aromatic N) is 1. The number of amides is 1. The highest BCUT2D eigenvalue weighted by Gasteiger charge is 2.07. The van der Waals surface area contributed by atoms with Crippen LogP contribution < -0.4 is 5.32 Å². The van der Waals surface area contributed by atoms with Gasteiger partial charge in [-0.15, -0.1) is 0 Å². The molecule has 1 N–H and O–H groups in total. The largest absolute Gasteiger partial charge is 0.345 e.